The van der Waals surface area contributed by atoms with Crippen molar-refractivity contribution in [1.82, 2.24) is 19.9 Å². The molecular formula is C21H21ClN4O3. The molecule has 1 unspecified atom stereocenters. The number of carboxylic acid groups (broad SMARTS) is 1. The van der Waals surface area contributed by atoms with E-state index in [1.54, 1.807) is 16.5 Å². The summed E-state index contributed by atoms with van der Waals surface area (Å²) >= 11 is 0. The second kappa shape index (κ2) is 8.45. The standard InChI is InChI=1S/C21H20N4O3.ClH/c1-14-19(20(26)24-12-11-17(13-24)21(27)28)22-23-25(14)18-9-7-16(8-10-18)15-5-3-2-4-6-15;/h2-10,17H,11-13H2,1H3,(H,27,28);1H. The Labute approximate surface area is 174 Å². The van der Waals surface area contributed by atoms with Crippen molar-refractivity contribution in [3.63, 3.8) is 0 Å². The third kappa shape index (κ3) is 4.00. The molecule has 1 N–H and O–H groups in total. The van der Waals surface area contributed by atoms with Gasteiger partial charge in [-0.2, -0.15) is 0 Å². The number of rotatable bonds is 4. The molecule has 8 heteroatoms. The van der Waals surface area contributed by atoms with Crippen LogP contribution in [0.15, 0.2) is 54.6 Å². The molecule has 1 saturated heterocycles. The summed E-state index contributed by atoms with van der Waals surface area (Å²) in [6, 6.07) is 18.0. The summed E-state index contributed by atoms with van der Waals surface area (Å²) in [5.74, 6) is -1.65. The van der Waals surface area contributed by atoms with Crippen molar-refractivity contribution in [1.29, 1.82) is 0 Å². The maximum Gasteiger partial charge on any atom is 0.308 e. The number of hydrogen-bond acceptors (Lipinski definition) is 4. The van der Waals surface area contributed by atoms with Gasteiger partial charge in [0.2, 0.25) is 0 Å². The summed E-state index contributed by atoms with van der Waals surface area (Å²) in [6.07, 6.45) is 0.467. The lowest BCUT2D eigenvalue weighted by atomic mass is 10.1. The molecule has 0 radical (unpaired) electrons. The fraction of sp³-hybridized carbons (Fsp3) is 0.238. The van der Waals surface area contributed by atoms with Crippen LogP contribution in [-0.2, 0) is 4.79 Å². The van der Waals surface area contributed by atoms with Gasteiger partial charge in [0.25, 0.3) is 5.91 Å². The zero-order valence-corrected chi connectivity index (χ0v) is 16.7. The number of amides is 1. The van der Waals surface area contributed by atoms with Gasteiger partial charge >= 0.3 is 5.97 Å². The van der Waals surface area contributed by atoms with Gasteiger partial charge in [-0.1, -0.05) is 47.7 Å². The second-order valence-corrected chi connectivity index (χ2v) is 6.92. The molecule has 29 heavy (non-hydrogen) atoms. The Hall–Kier alpha value is -3.19. The van der Waals surface area contributed by atoms with E-state index in [1.165, 1.54) is 0 Å². The van der Waals surface area contributed by atoms with Gasteiger partial charge in [-0.3, -0.25) is 9.59 Å². The van der Waals surface area contributed by atoms with Crippen LogP contribution in [0.2, 0.25) is 0 Å². The number of carboxylic acids is 1. The molecule has 150 valence electrons. The quantitative estimate of drug-likeness (QED) is 0.710. The highest BCUT2D eigenvalue weighted by Crippen LogP contribution is 2.23. The van der Waals surface area contributed by atoms with Crippen molar-refractivity contribution in [2.75, 3.05) is 13.1 Å². The maximum atomic E-state index is 12.7. The van der Waals surface area contributed by atoms with Crippen LogP contribution in [0.25, 0.3) is 16.8 Å². The number of hydrogen-bond donors (Lipinski definition) is 1. The third-order valence-electron chi connectivity index (χ3n) is 5.14. The minimum Gasteiger partial charge on any atom is -0.481 e. The lowest BCUT2D eigenvalue weighted by molar-refractivity contribution is -0.141. The highest BCUT2D eigenvalue weighted by atomic mass is 35.5. The summed E-state index contributed by atoms with van der Waals surface area (Å²) in [6.45, 7) is 2.43. The van der Waals surface area contributed by atoms with Crippen LogP contribution in [0.5, 0.6) is 0 Å². The Morgan fingerprint density at radius 2 is 1.69 bits per heavy atom. The topological polar surface area (TPSA) is 88.3 Å². The first-order chi connectivity index (χ1) is 13.5. The second-order valence-electron chi connectivity index (χ2n) is 6.92. The van der Waals surface area contributed by atoms with Crippen molar-refractivity contribution in [3.8, 4) is 16.8 Å². The van der Waals surface area contributed by atoms with Gasteiger partial charge in [0, 0.05) is 13.1 Å². The van der Waals surface area contributed by atoms with E-state index in [-0.39, 0.29) is 30.6 Å². The lowest BCUT2D eigenvalue weighted by Gasteiger charge is -2.14. The van der Waals surface area contributed by atoms with Gasteiger partial charge in [0.1, 0.15) is 0 Å². The van der Waals surface area contributed by atoms with Crippen molar-refractivity contribution < 1.29 is 14.7 Å². The number of halogens is 1. The van der Waals surface area contributed by atoms with Crippen LogP contribution >= 0.6 is 12.4 Å². The van der Waals surface area contributed by atoms with E-state index in [0.29, 0.717) is 18.7 Å². The average molecular weight is 413 g/mol. The molecule has 3 aromatic rings. The molecule has 2 aromatic carbocycles. The van der Waals surface area contributed by atoms with Crippen LogP contribution in [0.1, 0.15) is 22.6 Å². The number of likely N-dealkylation sites (tertiary alicyclic amines) is 1. The first kappa shape index (κ1) is 20.5. The molecular weight excluding hydrogens is 392 g/mol. The predicted molar refractivity (Wildman–Crippen MR) is 110 cm³/mol. The Morgan fingerprint density at radius 1 is 1.03 bits per heavy atom. The number of nitrogens with zero attached hydrogens (tertiary/aromatic N) is 4. The third-order valence-corrected chi connectivity index (χ3v) is 5.14. The Balaban J connectivity index is 0.00000240. The molecule has 0 aliphatic carbocycles. The van der Waals surface area contributed by atoms with Gasteiger partial charge in [-0.25, -0.2) is 4.68 Å². The molecule has 1 aromatic heterocycles. The zero-order chi connectivity index (χ0) is 19.7. The molecule has 4 rings (SSSR count). The van der Waals surface area contributed by atoms with Crippen LogP contribution in [0.3, 0.4) is 0 Å². The van der Waals surface area contributed by atoms with Crippen LogP contribution < -0.4 is 0 Å². The fourth-order valence-electron chi connectivity index (χ4n) is 3.49. The molecule has 0 bridgehead atoms. The molecule has 1 aliphatic heterocycles. The number of aromatic nitrogens is 3. The van der Waals surface area contributed by atoms with E-state index in [0.717, 1.165) is 16.8 Å². The van der Waals surface area contributed by atoms with Gasteiger partial charge in [0.15, 0.2) is 5.69 Å². The molecule has 7 nitrogen and oxygen atoms in total. The van der Waals surface area contributed by atoms with E-state index >= 15 is 0 Å². The molecule has 2 heterocycles. The highest BCUT2D eigenvalue weighted by molar-refractivity contribution is 5.94. The normalized spacial score (nSPS) is 15.8. The van der Waals surface area contributed by atoms with Gasteiger partial charge in [-0.15, -0.1) is 17.5 Å². The van der Waals surface area contributed by atoms with Crippen LogP contribution in [0, 0.1) is 12.8 Å². The van der Waals surface area contributed by atoms with Gasteiger partial charge < -0.3 is 10.0 Å². The summed E-state index contributed by atoms with van der Waals surface area (Å²) in [5, 5.41) is 17.3. The summed E-state index contributed by atoms with van der Waals surface area (Å²) < 4.78 is 1.63. The number of carbonyl (C=O) groups is 2. The Morgan fingerprint density at radius 3 is 2.31 bits per heavy atom. The first-order valence-electron chi connectivity index (χ1n) is 9.15. The minimum atomic E-state index is -0.866. The predicted octanol–water partition coefficient (Wildman–Crippen LogP) is 3.21. The zero-order valence-electron chi connectivity index (χ0n) is 15.9. The van der Waals surface area contributed by atoms with Crippen LogP contribution in [0.4, 0.5) is 0 Å². The summed E-state index contributed by atoms with van der Waals surface area (Å²) in [7, 11) is 0. The van der Waals surface area contributed by atoms with E-state index in [9.17, 15) is 9.59 Å². The van der Waals surface area contributed by atoms with Crippen molar-refractivity contribution in [2.24, 2.45) is 5.92 Å². The number of aliphatic carboxylic acids is 1. The molecule has 0 spiro atoms. The minimum absolute atomic E-state index is 0. The fourth-order valence-corrected chi connectivity index (χ4v) is 3.49. The van der Waals surface area contributed by atoms with Crippen molar-refractivity contribution >= 4 is 24.3 Å². The Kier molecular flexibility index (Phi) is 5.98. The van der Waals surface area contributed by atoms with Gasteiger partial charge in [0.05, 0.1) is 17.3 Å². The van der Waals surface area contributed by atoms with E-state index in [4.69, 9.17) is 5.11 Å². The highest BCUT2D eigenvalue weighted by Gasteiger charge is 2.33. The summed E-state index contributed by atoms with van der Waals surface area (Å²) in [5.41, 5.74) is 3.93. The molecule has 1 atom stereocenters. The smallest absolute Gasteiger partial charge is 0.308 e. The average Bonchev–Trinajstić information content (AvgIpc) is 3.36. The molecule has 1 fully saturated rings. The first-order valence-corrected chi connectivity index (χ1v) is 9.15. The largest absolute Gasteiger partial charge is 0.481 e. The number of benzene rings is 2. The van der Waals surface area contributed by atoms with Crippen molar-refractivity contribution in [3.05, 3.63) is 66.0 Å². The van der Waals surface area contributed by atoms with E-state index < -0.39 is 11.9 Å². The molecule has 1 aliphatic rings. The van der Waals surface area contributed by atoms with E-state index in [1.807, 2.05) is 54.6 Å². The lowest BCUT2D eigenvalue weighted by Crippen LogP contribution is -2.30. The molecule has 0 saturated carbocycles. The van der Waals surface area contributed by atoms with Crippen molar-refractivity contribution in [2.45, 2.75) is 13.3 Å². The SMILES string of the molecule is Cc1c(C(=O)N2CCC(C(=O)O)C2)nnn1-c1ccc(-c2ccccc2)cc1.Cl. The Bertz CT molecular complexity index is 1020. The monoisotopic (exact) mass is 412 g/mol. The number of carbonyl (C=O) groups excluding carboxylic acids is 1. The van der Waals surface area contributed by atoms with E-state index in [2.05, 4.69) is 10.3 Å². The maximum absolute atomic E-state index is 12.7. The van der Waals surface area contributed by atoms with Crippen LogP contribution in [-0.4, -0.2) is 50.0 Å². The summed E-state index contributed by atoms with van der Waals surface area (Å²) in [4.78, 5) is 25.4. The van der Waals surface area contributed by atoms with Gasteiger partial charge in [-0.05, 0) is 36.6 Å². The molecule has 1 amide bonds.